The van der Waals surface area contributed by atoms with Crippen LogP contribution in [0.3, 0.4) is 0 Å². The Kier molecular flexibility index (Phi) is 5.86. The summed E-state index contributed by atoms with van der Waals surface area (Å²) in [6, 6.07) is 18.2. The van der Waals surface area contributed by atoms with Crippen molar-refractivity contribution in [1.82, 2.24) is 9.88 Å². The molecule has 2 amide bonds. The number of rotatable bonds is 4. The molecule has 1 aromatic heterocycles. The highest BCUT2D eigenvalue weighted by Gasteiger charge is 2.30. The third-order valence-corrected chi connectivity index (χ3v) is 5.80. The first-order chi connectivity index (χ1) is 14.8. The van der Waals surface area contributed by atoms with Crippen LogP contribution in [0.5, 0.6) is 0 Å². The Morgan fingerprint density at radius 3 is 2.68 bits per heavy atom. The van der Waals surface area contributed by atoms with E-state index < -0.39 is 0 Å². The van der Waals surface area contributed by atoms with Gasteiger partial charge >= 0.3 is 0 Å². The normalized spacial score (nSPS) is 17.0. The molecule has 5 heteroatoms. The molecule has 2 aromatic carbocycles. The number of amides is 2. The lowest BCUT2D eigenvalue weighted by Crippen LogP contribution is -2.44. The number of aromatic amines is 1. The standard InChI is InChI=1S/C26H31N3O2/c1-26(2,3)16-24(30)29-13-7-10-20(17-29)25(31)27-21-11-6-9-18(14-21)23-15-19-8-4-5-12-22(19)28-23/h4-6,8-9,11-12,14-15,20,28H,7,10,13,16-17H2,1-3H3,(H,27,31). The van der Waals surface area contributed by atoms with Crippen molar-refractivity contribution in [2.45, 2.75) is 40.0 Å². The molecule has 0 spiro atoms. The van der Waals surface area contributed by atoms with E-state index in [1.165, 1.54) is 0 Å². The molecule has 1 fully saturated rings. The molecular formula is C26H31N3O2. The van der Waals surface area contributed by atoms with Crippen LogP contribution in [0.2, 0.25) is 0 Å². The van der Waals surface area contributed by atoms with Gasteiger partial charge in [-0.15, -0.1) is 0 Å². The number of hydrogen-bond acceptors (Lipinski definition) is 2. The van der Waals surface area contributed by atoms with Crippen LogP contribution in [0.1, 0.15) is 40.0 Å². The van der Waals surface area contributed by atoms with E-state index in [-0.39, 0.29) is 23.1 Å². The van der Waals surface area contributed by atoms with Gasteiger partial charge in [-0.05, 0) is 42.5 Å². The number of anilines is 1. The largest absolute Gasteiger partial charge is 0.355 e. The summed E-state index contributed by atoms with van der Waals surface area (Å²) >= 11 is 0. The second-order valence-corrected chi connectivity index (χ2v) is 9.76. The van der Waals surface area contributed by atoms with Crippen molar-refractivity contribution in [3.63, 3.8) is 0 Å². The van der Waals surface area contributed by atoms with Crippen molar-refractivity contribution >= 4 is 28.4 Å². The Hall–Kier alpha value is -3.08. The SMILES string of the molecule is CC(C)(C)CC(=O)N1CCCC(C(=O)Nc2cccc(-c3cc4ccccc4[nH]3)c2)C1. The number of benzene rings is 2. The van der Waals surface area contributed by atoms with Crippen molar-refractivity contribution in [3.05, 3.63) is 54.6 Å². The van der Waals surface area contributed by atoms with Gasteiger partial charge in [0.1, 0.15) is 0 Å². The molecule has 0 saturated carbocycles. The van der Waals surface area contributed by atoms with Gasteiger partial charge < -0.3 is 15.2 Å². The minimum absolute atomic E-state index is 0.0120. The predicted molar refractivity (Wildman–Crippen MR) is 126 cm³/mol. The van der Waals surface area contributed by atoms with E-state index in [4.69, 9.17) is 0 Å². The number of H-pyrrole nitrogens is 1. The number of aromatic nitrogens is 1. The zero-order chi connectivity index (χ0) is 22.0. The monoisotopic (exact) mass is 417 g/mol. The van der Waals surface area contributed by atoms with Gasteiger partial charge in [-0.2, -0.15) is 0 Å². The Morgan fingerprint density at radius 1 is 1.10 bits per heavy atom. The summed E-state index contributed by atoms with van der Waals surface area (Å²) in [5.41, 5.74) is 3.87. The minimum Gasteiger partial charge on any atom is -0.355 e. The summed E-state index contributed by atoms with van der Waals surface area (Å²) in [5.74, 6) is -0.0396. The van der Waals surface area contributed by atoms with Crippen LogP contribution in [0, 0.1) is 11.3 Å². The van der Waals surface area contributed by atoms with Gasteiger partial charge in [-0.3, -0.25) is 9.59 Å². The highest BCUT2D eigenvalue weighted by Crippen LogP contribution is 2.27. The van der Waals surface area contributed by atoms with Crippen molar-refractivity contribution in [3.8, 4) is 11.3 Å². The van der Waals surface area contributed by atoms with E-state index in [1.807, 2.05) is 41.3 Å². The van der Waals surface area contributed by atoms with Crippen LogP contribution < -0.4 is 5.32 Å². The fourth-order valence-corrected chi connectivity index (χ4v) is 4.22. The highest BCUT2D eigenvalue weighted by molar-refractivity contribution is 5.94. The number of carbonyl (C=O) groups is 2. The average Bonchev–Trinajstić information content (AvgIpc) is 3.17. The maximum atomic E-state index is 13.0. The quantitative estimate of drug-likeness (QED) is 0.593. The molecule has 2 heterocycles. The zero-order valence-electron chi connectivity index (χ0n) is 18.6. The maximum Gasteiger partial charge on any atom is 0.229 e. The maximum absolute atomic E-state index is 13.0. The van der Waals surface area contributed by atoms with Crippen molar-refractivity contribution < 1.29 is 9.59 Å². The van der Waals surface area contributed by atoms with Crippen LogP contribution in [-0.4, -0.2) is 34.8 Å². The number of nitrogens with zero attached hydrogens (tertiary/aromatic N) is 1. The Balaban J connectivity index is 1.43. The van der Waals surface area contributed by atoms with E-state index in [9.17, 15) is 9.59 Å². The number of nitrogens with one attached hydrogen (secondary N) is 2. The first-order valence-electron chi connectivity index (χ1n) is 11.1. The first-order valence-corrected chi connectivity index (χ1v) is 11.1. The summed E-state index contributed by atoms with van der Waals surface area (Å²) in [6.45, 7) is 7.45. The smallest absolute Gasteiger partial charge is 0.229 e. The topological polar surface area (TPSA) is 65.2 Å². The Labute approximate surface area is 183 Å². The summed E-state index contributed by atoms with van der Waals surface area (Å²) in [6.07, 6.45) is 2.18. The van der Waals surface area contributed by atoms with Gasteiger partial charge in [0.2, 0.25) is 11.8 Å². The summed E-state index contributed by atoms with van der Waals surface area (Å²) in [5, 5.41) is 4.23. The molecule has 162 valence electrons. The molecule has 2 N–H and O–H groups in total. The number of fused-ring (bicyclic) bond motifs is 1. The lowest BCUT2D eigenvalue weighted by atomic mass is 9.90. The summed E-state index contributed by atoms with van der Waals surface area (Å²) < 4.78 is 0. The molecule has 0 aliphatic carbocycles. The molecule has 0 radical (unpaired) electrons. The second kappa shape index (κ2) is 8.58. The van der Waals surface area contributed by atoms with E-state index in [0.29, 0.717) is 13.0 Å². The molecular weight excluding hydrogens is 386 g/mol. The minimum atomic E-state index is -0.172. The van der Waals surface area contributed by atoms with Gasteiger partial charge in [0.15, 0.2) is 0 Å². The molecule has 4 rings (SSSR count). The molecule has 31 heavy (non-hydrogen) atoms. The Bertz CT molecular complexity index is 1060. The summed E-state index contributed by atoms with van der Waals surface area (Å²) in [7, 11) is 0. The molecule has 1 unspecified atom stereocenters. The first kappa shape index (κ1) is 21.2. The Morgan fingerprint density at radius 2 is 1.90 bits per heavy atom. The van der Waals surface area contributed by atoms with Crippen LogP contribution in [0.15, 0.2) is 54.6 Å². The molecule has 1 saturated heterocycles. The number of carbonyl (C=O) groups excluding carboxylic acids is 2. The van der Waals surface area contributed by atoms with Crippen LogP contribution in [0.4, 0.5) is 5.69 Å². The van der Waals surface area contributed by atoms with Gasteiger partial charge in [0.05, 0.1) is 5.92 Å². The number of piperidine rings is 1. The fraction of sp³-hybridized carbons (Fsp3) is 0.385. The molecule has 5 nitrogen and oxygen atoms in total. The van der Waals surface area contributed by atoms with Crippen LogP contribution in [0.25, 0.3) is 22.2 Å². The third-order valence-electron chi connectivity index (χ3n) is 5.80. The van der Waals surface area contributed by atoms with Gasteiger partial charge in [0.25, 0.3) is 0 Å². The molecule has 3 aromatic rings. The number of para-hydroxylation sites is 1. The van der Waals surface area contributed by atoms with Crippen molar-refractivity contribution in [2.24, 2.45) is 11.3 Å². The number of hydrogen-bond donors (Lipinski definition) is 2. The second-order valence-electron chi connectivity index (χ2n) is 9.76. The number of likely N-dealkylation sites (tertiary alicyclic amines) is 1. The zero-order valence-corrected chi connectivity index (χ0v) is 18.6. The lowest BCUT2D eigenvalue weighted by Gasteiger charge is -2.33. The predicted octanol–water partition coefficient (Wildman–Crippen LogP) is 5.45. The van der Waals surface area contributed by atoms with Gasteiger partial charge in [-0.25, -0.2) is 0 Å². The van der Waals surface area contributed by atoms with Gasteiger partial charge in [0, 0.05) is 47.4 Å². The summed E-state index contributed by atoms with van der Waals surface area (Å²) in [4.78, 5) is 30.9. The fourth-order valence-electron chi connectivity index (χ4n) is 4.22. The van der Waals surface area contributed by atoms with Crippen LogP contribution >= 0.6 is 0 Å². The van der Waals surface area contributed by atoms with Crippen molar-refractivity contribution in [2.75, 3.05) is 18.4 Å². The lowest BCUT2D eigenvalue weighted by molar-refractivity contribution is -0.136. The van der Waals surface area contributed by atoms with E-state index >= 15 is 0 Å². The van der Waals surface area contributed by atoms with Gasteiger partial charge in [-0.1, -0.05) is 51.1 Å². The van der Waals surface area contributed by atoms with E-state index in [1.54, 1.807) is 0 Å². The molecule has 0 bridgehead atoms. The average molecular weight is 418 g/mol. The molecule has 1 atom stereocenters. The molecule has 1 aliphatic heterocycles. The van der Waals surface area contributed by atoms with E-state index in [0.717, 1.165) is 47.2 Å². The van der Waals surface area contributed by atoms with Crippen LogP contribution in [-0.2, 0) is 9.59 Å². The highest BCUT2D eigenvalue weighted by atomic mass is 16.2. The molecule has 1 aliphatic rings. The van der Waals surface area contributed by atoms with Crippen molar-refractivity contribution in [1.29, 1.82) is 0 Å². The third kappa shape index (κ3) is 5.16. The van der Waals surface area contributed by atoms with E-state index in [2.05, 4.69) is 49.3 Å².